The van der Waals surface area contributed by atoms with Crippen molar-refractivity contribution in [3.63, 3.8) is 0 Å². The number of halogens is 1. The van der Waals surface area contributed by atoms with Crippen LogP contribution < -0.4 is 0 Å². The van der Waals surface area contributed by atoms with Gasteiger partial charge in [0.2, 0.25) is 5.91 Å². The highest BCUT2D eigenvalue weighted by molar-refractivity contribution is 6.35. The van der Waals surface area contributed by atoms with Crippen molar-refractivity contribution in [2.75, 3.05) is 19.6 Å². The van der Waals surface area contributed by atoms with Gasteiger partial charge >= 0.3 is 0 Å². The van der Waals surface area contributed by atoms with E-state index in [4.69, 9.17) is 11.6 Å². The van der Waals surface area contributed by atoms with Crippen molar-refractivity contribution in [1.29, 1.82) is 0 Å². The minimum Gasteiger partial charge on any atom is -0.360 e. The monoisotopic (exact) mass is 419 g/mol. The number of nitrogens with one attached hydrogen (secondary N) is 1. The van der Waals surface area contributed by atoms with E-state index in [1.54, 1.807) is 0 Å². The average molecular weight is 420 g/mol. The summed E-state index contributed by atoms with van der Waals surface area (Å²) < 4.78 is 0. The number of rotatable bonds is 4. The van der Waals surface area contributed by atoms with Gasteiger partial charge in [0.05, 0.1) is 17.1 Å². The van der Waals surface area contributed by atoms with E-state index < -0.39 is 0 Å². The highest BCUT2D eigenvalue weighted by Gasteiger charge is 2.24. The van der Waals surface area contributed by atoms with E-state index in [2.05, 4.69) is 34.3 Å². The van der Waals surface area contributed by atoms with E-state index in [-0.39, 0.29) is 5.91 Å². The number of piperidine rings is 1. The molecule has 1 saturated heterocycles. The molecule has 0 spiro atoms. The van der Waals surface area contributed by atoms with Crippen molar-refractivity contribution in [2.24, 2.45) is 0 Å². The Hall–Kier alpha value is -2.56. The Bertz CT molecular complexity index is 1090. The Kier molecular flexibility index (Phi) is 5.36. The lowest BCUT2D eigenvalue weighted by molar-refractivity contribution is -0.129. The molecular formula is C25H26ClN3O. The van der Waals surface area contributed by atoms with Gasteiger partial charge in [0.15, 0.2) is 0 Å². The first-order chi connectivity index (χ1) is 14.7. The third-order valence-corrected chi connectivity index (χ3v) is 6.83. The minimum absolute atomic E-state index is 0.203. The molecule has 3 aromatic rings. The maximum atomic E-state index is 12.7. The fourth-order valence-electron chi connectivity index (χ4n) is 4.76. The summed E-state index contributed by atoms with van der Waals surface area (Å²) >= 11 is 6.32. The second-order valence-electron chi connectivity index (χ2n) is 8.31. The molecule has 1 aromatic heterocycles. The number of H-pyrrole nitrogens is 1. The number of nitrogens with zero attached hydrogens (tertiary/aromatic N) is 2. The first kappa shape index (κ1) is 19.4. The van der Waals surface area contributed by atoms with Crippen LogP contribution >= 0.6 is 11.6 Å². The molecule has 0 bridgehead atoms. The number of aromatic nitrogens is 1. The Morgan fingerprint density at radius 3 is 2.80 bits per heavy atom. The highest BCUT2D eigenvalue weighted by atomic mass is 35.5. The van der Waals surface area contributed by atoms with Gasteiger partial charge in [-0.15, -0.1) is 0 Å². The molecule has 0 aliphatic carbocycles. The van der Waals surface area contributed by atoms with Crippen LogP contribution in [0.15, 0.2) is 54.9 Å². The Balaban J connectivity index is 1.14. The third-order valence-electron chi connectivity index (χ3n) is 6.52. The number of hydrogen-bond acceptors (Lipinski definition) is 2. The summed E-state index contributed by atoms with van der Waals surface area (Å²) in [4.78, 5) is 20.3. The molecule has 0 unspecified atom stereocenters. The van der Waals surface area contributed by atoms with E-state index in [0.29, 0.717) is 18.9 Å². The molecule has 5 rings (SSSR count). The fourth-order valence-corrected chi connectivity index (χ4v) is 4.99. The van der Waals surface area contributed by atoms with E-state index in [0.717, 1.165) is 43.0 Å². The van der Waals surface area contributed by atoms with Gasteiger partial charge in [-0.1, -0.05) is 48.0 Å². The average Bonchev–Trinajstić information content (AvgIpc) is 3.23. The number of carbonyl (C=O) groups is 1. The largest absolute Gasteiger partial charge is 0.360 e. The minimum atomic E-state index is 0.203. The Labute approximate surface area is 182 Å². The van der Waals surface area contributed by atoms with Crippen LogP contribution in [0.25, 0.3) is 17.0 Å². The Morgan fingerprint density at radius 2 is 1.93 bits per heavy atom. The molecule has 0 atom stereocenters. The molecule has 3 heterocycles. The lowest BCUT2D eigenvalue weighted by atomic mass is 9.89. The van der Waals surface area contributed by atoms with Crippen LogP contribution in [0, 0.1) is 0 Å². The number of para-hydroxylation sites is 1. The normalized spacial score (nSPS) is 17.4. The van der Waals surface area contributed by atoms with Gasteiger partial charge in [-0.25, -0.2) is 0 Å². The zero-order valence-corrected chi connectivity index (χ0v) is 17.7. The van der Waals surface area contributed by atoms with Crippen LogP contribution in [0.4, 0.5) is 0 Å². The van der Waals surface area contributed by atoms with Crippen LogP contribution in [-0.4, -0.2) is 40.3 Å². The quantitative estimate of drug-likeness (QED) is 0.614. The van der Waals surface area contributed by atoms with Gasteiger partial charge < -0.3 is 14.8 Å². The molecular weight excluding hydrogens is 394 g/mol. The number of likely N-dealkylation sites (tertiary alicyclic amines) is 1. The van der Waals surface area contributed by atoms with Crippen molar-refractivity contribution < 1.29 is 4.79 Å². The van der Waals surface area contributed by atoms with Crippen molar-refractivity contribution in [1.82, 2.24) is 14.8 Å². The standard InChI is InChI=1S/C25H26ClN3O/c26-23-7-3-6-21-22(16-27-25(21)23)19-8-12-28(13-9-19)14-11-24(30)29-15-10-18-4-1-2-5-20(18)17-29/h1-7,10,15-16,19,27H,8-9,11-14,17H2. The van der Waals surface area contributed by atoms with E-state index in [9.17, 15) is 4.79 Å². The highest BCUT2D eigenvalue weighted by Crippen LogP contribution is 2.35. The van der Waals surface area contributed by atoms with E-state index >= 15 is 0 Å². The topological polar surface area (TPSA) is 39.3 Å². The number of hydrogen-bond donors (Lipinski definition) is 1. The number of benzene rings is 2. The third kappa shape index (κ3) is 3.78. The van der Waals surface area contributed by atoms with Crippen LogP contribution in [0.3, 0.4) is 0 Å². The van der Waals surface area contributed by atoms with Crippen molar-refractivity contribution in [2.45, 2.75) is 31.7 Å². The first-order valence-corrected chi connectivity index (χ1v) is 11.1. The predicted molar refractivity (Wildman–Crippen MR) is 122 cm³/mol. The lowest BCUT2D eigenvalue weighted by Gasteiger charge is -2.32. The van der Waals surface area contributed by atoms with Crippen molar-refractivity contribution >= 4 is 34.5 Å². The number of fused-ring (bicyclic) bond motifs is 2. The fraction of sp³-hybridized carbons (Fsp3) is 0.320. The Morgan fingerprint density at radius 1 is 1.10 bits per heavy atom. The lowest BCUT2D eigenvalue weighted by Crippen LogP contribution is -2.36. The van der Waals surface area contributed by atoms with Gasteiger partial charge in [-0.2, -0.15) is 0 Å². The molecule has 4 nitrogen and oxygen atoms in total. The summed E-state index contributed by atoms with van der Waals surface area (Å²) in [6, 6.07) is 14.4. The molecule has 1 fully saturated rings. The molecule has 5 heteroatoms. The molecule has 2 aliphatic rings. The molecule has 154 valence electrons. The second-order valence-corrected chi connectivity index (χ2v) is 8.72. The maximum absolute atomic E-state index is 12.7. The molecule has 0 radical (unpaired) electrons. The molecule has 2 aromatic carbocycles. The molecule has 30 heavy (non-hydrogen) atoms. The van der Waals surface area contributed by atoms with Gasteiger partial charge in [-0.3, -0.25) is 4.79 Å². The summed E-state index contributed by atoms with van der Waals surface area (Å²) in [7, 11) is 0. The van der Waals surface area contributed by atoms with Crippen LogP contribution in [0.1, 0.15) is 41.9 Å². The zero-order chi connectivity index (χ0) is 20.5. The van der Waals surface area contributed by atoms with Gasteiger partial charge in [0, 0.05) is 30.7 Å². The van der Waals surface area contributed by atoms with Crippen LogP contribution in [0.2, 0.25) is 5.02 Å². The van der Waals surface area contributed by atoms with Crippen molar-refractivity contribution in [3.8, 4) is 0 Å². The number of amides is 1. The molecule has 1 amide bonds. The summed E-state index contributed by atoms with van der Waals surface area (Å²) in [6.45, 7) is 3.57. The summed E-state index contributed by atoms with van der Waals surface area (Å²) in [5.74, 6) is 0.750. The van der Waals surface area contributed by atoms with Crippen molar-refractivity contribution in [3.05, 3.63) is 76.6 Å². The van der Waals surface area contributed by atoms with E-state index in [1.165, 1.54) is 22.1 Å². The number of aromatic amines is 1. The zero-order valence-electron chi connectivity index (χ0n) is 17.0. The smallest absolute Gasteiger partial charge is 0.228 e. The summed E-state index contributed by atoms with van der Waals surface area (Å²) in [5, 5.41) is 2.03. The SMILES string of the molecule is O=C(CCN1CCC(c2c[nH]c3c(Cl)cccc23)CC1)N1C=Cc2ccccc2C1. The van der Waals surface area contributed by atoms with Crippen LogP contribution in [0.5, 0.6) is 0 Å². The van der Waals surface area contributed by atoms with E-state index in [1.807, 2.05) is 41.4 Å². The molecule has 0 saturated carbocycles. The molecule has 1 N–H and O–H groups in total. The number of carbonyl (C=O) groups excluding carboxylic acids is 1. The van der Waals surface area contributed by atoms with Crippen LogP contribution in [-0.2, 0) is 11.3 Å². The summed E-state index contributed by atoms with van der Waals surface area (Å²) in [5.41, 5.74) is 4.84. The van der Waals surface area contributed by atoms with Gasteiger partial charge in [0.25, 0.3) is 0 Å². The van der Waals surface area contributed by atoms with Gasteiger partial charge in [-0.05, 0) is 60.7 Å². The predicted octanol–water partition coefficient (Wildman–Crippen LogP) is 5.40. The second kappa shape index (κ2) is 8.29. The first-order valence-electron chi connectivity index (χ1n) is 10.7. The van der Waals surface area contributed by atoms with Gasteiger partial charge in [0.1, 0.15) is 0 Å². The molecule has 2 aliphatic heterocycles. The maximum Gasteiger partial charge on any atom is 0.228 e. The summed E-state index contributed by atoms with van der Waals surface area (Å²) in [6.07, 6.45) is 8.89.